The van der Waals surface area contributed by atoms with E-state index < -0.39 is 9.84 Å². The molecule has 0 heterocycles. The normalized spacial score (nSPS) is 39.4. The first-order valence-corrected chi connectivity index (χ1v) is 10.2. The van der Waals surface area contributed by atoms with Crippen molar-refractivity contribution in [1.82, 2.24) is 0 Å². The Morgan fingerprint density at radius 2 is 1.55 bits per heavy atom. The van der Waals surface area contributed by atoms with Gasteiger partial charge in [0.2, 0.25) is 0 Å². The van der Waals surface area contributed by atoms with Crippen LogP contribution in [0.3, 0.4) is 0 Å². The molecule has 0 atom stereocenters. The molecular weight excluding hydrogens is 272 g/mol. The summed E-state index contributed by atoms with van der Waals surface area (Å²) >= 11 is 0. The van der Waals surface area contributed by atoms with Crippen molar-refractivity contribution in [2.45, 2.75) is 58.0 Å². The topological polar surface area (TPSA) is 43.4 Å². The zero-order valence-electron chi connectivity index (χ0n) is 12.6. The molecule has 0 unspecified atom stereocenters. The summed E-state index contributed by atoms with van der Waals surface area (Å²) in [6.07, 6.45) is 9.18. The first-order chi connectivity index (χ1) is 9.57. The molecule has 0 aromatic rings. The average Bonchev–Trinajstić information content (AvgIpc) is 2.40. The lowest BCUT2D eigenvalue weighted by molar-refractivity contribution is -0.126. The lowest BCUT2D eigenvalue weighted by Gasteiger charge is -2.54. The van der Waals surface area contributed by atoms with Crippen molar-refractivity contribution in [2.75, 3.05) is 18.1 Å². The van der Waals surface area contributed by atoms with Gasteiger partial charge in [-0.15, -0.1) is 0 Å². The Balaban J connectivity index is 1.39. The van der Waals surface area contributed by atoms with Crippen LogP contribution in [0.2, 0.25) is 0 Å². The van der Waals surface area contributed by atoms with Crippen LogP contribution >= 0.6 is 0 Å². The summed E-state index contributed by atoms with van der Waals surface area (Å²) < 4.78 is 29.0. The van der Waals surface area contributed by atoms with E-state index in [9.17, 15) is 8.42 Å². The zero-order chi connectivity index (χ0) is 14.2. The number of rotatable bonds is 7. The maximum Gasteiger partial charge on any atom is 0.150 e. The third-order valence-corrected chi connectivity index (χ3v) is 7.53. The Morgan fingerprint density at radius 1 is 0.950 bits per heavy atom. The van der Waals surface area contributed by atoms with Gasteiger partial charge in [0, 0.05) is 12.4 Å². The van der Waals surface area contributed by atoms with Crippen molar-refractivity contribution >= 4 is 9.84 Å². The van der Waals surface area contributed by atoms with Gasteiger partial charge in [-0.2, -0.15) is 0 Å². The second-order valence-corrected chi connectivity index (χ2v) is 9.68. The molecule has 20 heavy (non-hydrogen) atoms. The number of unbranched alkanes of at least 4 members (excludes halogenated alkanes) is 1. The summed E-state index contributed by atoms with van der Waals surface area (Å²) in [7, 11) is -2.80. The molecule has 4 saturated carbocycles. The number of ether oxygens (including phenoxy) is 1. The molecule has 0 N–H and O–H groups in total. The zero-order valence-corrected chi connectivity index (χ0v) is 13.4. The standard InChI is InChI=1S/C16H28O3S/c1-2-20(17,18)6-4-3-5-19-16-14-8-12-7-13(10-14)11-15(16)9-12/h12-16H,2-11H2,1H3. The van der Waals surface area contributed by atoms with Crippen LogP contribution < -0.4 is 0 Å². The van der Waals surface area contributed by atoms with Gasteiger partial charge in [-0.1, -0.05) is 6.92 Å². The van der Waals surface area contributed by atoms with Gasteiger partial charge in [-0.3, -0.25) is 0 Å². The summed E-state index contributed by atoms with van der Waals surface area (Å²) in [5.74, 6) is 4.20. The Kier molecular flexibility index (Phi) is 4.42. The van der Waals surface area contributed by atoms with Gasteiger partial charge in [0.25, 0.3) is 0 Å². The minimum absolute atomic E-state index is 0.267. The van der Waals surface area contributed by atoms with E-state index in [0.717, 1.165) is 43.1 Å². The molecule has 4 heteroatoms. The van der Waals surface area contributed by atoms with Crippen molar-refractivity contribution in [3.05, 3.63) is 0 Å². The van der Waals surface area contributed by atoms with E-state index in [1.165, 1.54) is 32.1 Å². The Morgan fingerprint density at radius 3 is 2.10 bits per heavy atom. The molecule has 0 amide bonds. The summed E-state index contributed by atoms with van der Waals surface area (Å²) in [5, 5.41) is 0. The van der Waals surface area contributed by atoms with Crippen LogP contribution in [0.4, 0.5) is 0 Å². The van der Waals surface area contributed by atoms with Gasteiger partial charge in [0.1, 0.15) is 9.84 Å². The average molecular weight is 300 g/mol. The van der Waals surface area contributed by atoms with Crippen LogP contribution in [-0.2, 0) is 14.6 Å². The smallest absolute Gasteiger partial charge is 0.150 e. The fourth-order valence-electron chi connectivity index (χ4n) is 4.94. The Labute approximate surface area is 123 Å². The van der Waals surface area contributed by atoms with Crippen molar-refractivity contribution in [1.29, 1.82) is 0 Å². The molecule has 4 aliphatic rings. The van der Waals surface area contributed by atoms with E-state index in [2.05, 4.69) is 0 Å². The van der Waals surface area contributed by atoms with Crippen LogP contribution in [-0.4, -0.2) is 32.6 Å². The second-order valence-electron chi connectivity index (χ2n) is 7.21. The molecule has 116 valence electrons. The summed E-state index contributed by atoms with van der Waals surface area (Å²) in [4.78, 5) is 0. The first-order valence-electron chi connectivity index (χ1n) is 8.39. The van der Waals surface area contributed by atoms with Gasteiger partial charge < -0.3 is 4.74 Å². The van der Waals surface area contributed by atoms with Crippen LogP contribution in [0.5, 0.6) is 0 Å². The third-order valence-electron chi connectivity index (χ3n) is 5.74. The van der Waals surface area contributed by atoms with Crippen molar-refractivity contribution in [2.24, 2.45) is 23.7 Å². The molecule has 0 saturated heterocycles. The Bertz CT molecular complexity index is 401. The molecular formula is C16H28O3S. The lowest BCUT2D eigenvalue weighted by atomic mass is 9.55. The highest BCUT2D eigenvalue weighted by molar-refractivity contribution is 7.91. The van der Waals surface area contributed by atoms with E-state index in [1.807, 2.05) is 0 Å². The van der Waals surface area contributed by atoms with Gasteiger partial charge in [0.05, 0.1) is 11.9 Å². The van der Waals surface area contributed by atoms with E-state index in [0.29, 0.717) is 11.9 Å². The van der Waals surface area contributed by atoms with Gasteiger partial charge in [0.15, 0.2) is 0 Å². The van der Waals surface area contributed by atoms with Crippen LogP contribution in [0.25, 0.3) is 0 Å². The third kappa shape index (κ3) is 3.22. The van der Waals surface area contributed by atoms with Crippen LogP contribution in [0.1, 0.15) is 51.9 Å². The molecule has 4 fully saturated rings. The van der Waals surface area contributed by atoms with Crippen LogP contribution in [0, 0.1) is 23.7 Å². The quantitative estimate of drug-likeness (QED) is 0.679. The summed E-state index contributed by atoms with van der Waals surface area (Å²) in [5.41, 5.74) is 0. The number of hydrogen-bond acceptors (Lipinski definition) is 3. The monoisotopic (exact) mass is 300 g/mol. The van der Waals surface area contributed by atoms with Gasteiger partial charge in [-0.25, -0.2) is 8.42 Å². The fraction of sp³-hybridized carbons (Fsp3) is 1.00. The maximum atomic E-state index is 11.4. The van der Waals surface area contributed by atoms with E-state index in [1.54, 1.807) is 6.92 Å². The molecule has 0 radical (unpaired) electrons. The van der Waals surface area contributed by atoms with Gasteiger partial charge in [-0.05, 0) is 68.6 Å². The lowest BCUT2D eigenvalue weighted by Crippen LogP contribution is -2.49. The van der Waals surface area contributed by atoms with Gasteiger partial charge >= 0.3 is 0 Å². The molecule has 0 aromatic carbocycles. The first kappa shape index (κ1) is 14.8. The highest BCUT2D eigenvalue weighted by atomic mass is 32.2. The molecule has 3 nitrogen and oxygen atoms in total. The molecule has 0 spiro atoms. The van der Waals surface area contributed by atoms with Crippen molar-refractivity contribution in [3.63, 3.8) is 0 Å². The molecule has 4 rings (SSSR count). The second kappa shape index (κ2) is 5.96. The minimum atomic E-state index is -2.80. The Hall–Kier alpha value is -0.0900. The fourth-order valence-corrected chi connectivity index (χ4v) is 5.87. The molecule has 0 aliphatic heterocycles. The maximum absolute atomic E-state index is 11.4. The summed E-state index contributed by atoms with van der Waals surface area (Å²) in [6.45, 7) is 2.48. The summed E-state index contributed by atoms with van der Waals surface area (Å²) in [6, 6.07) is 0. The van der Waals surface area contributed by atoms with E-state index in [-0.39, 0.29) is 5.75 Å². The number of hydrogen-bond donors (Lipinski definition) is 0. The highest BCUT2D eigenvalue weighted by Crippen LogP contribution is 2.54. The molecule has 0 aromatic heterocycles. The van der Waals surface area contributed by atoms with Crippen molar-refractivity contribution in [3.8, 4) is 0 Å². The van der Waals surface area contributed by atoms with Crippen LogP contribution in [0.15, 0.2) is 0 Å². The van der Waals surface area contributed by atoms with E-state index >= 15 is 0 Å². The largest absolute Gasteiger partial charge is 0.378 e. The number of sulfone groups is 1. The minimum Gasteiger partial charge on any atom is -0.378 e. The van der Waals surface area contributed by atoms with Crippen molar-refractivity contribution < 1.29 is 13.2 Å². The predicted molar refractivity (Wildman–Crippen MR) is 80.3 cm³/mol. The SMILES string of the molecule is CCS(=O)(=O)CCCCOC1C2CC3CC(C2)CC1C3. The van der Waals surface area contributed by atoms with E-state index in [4.69, 9.17) is 4.74 Å². The molecule has 4 bridgehead atoms. The predicted octanol–water partition coefficient (Wildman–Crippen LogP) is 3.04. The highest BCUT2D eigenvalue weighted by Gasteiger charge is 2.48. The molecule has 4 aliphatic carbocycles.